The fourth-order valence-corrected chi connectivity index (χ4v) is 8.88. The number of aliphatic hydroxyl groups excluding tert-OH is 2. The number of rotatable bonds is 52. The van der Waals surface area contributed by atoms with Crippen molar-refractivity contribution in [2.24, 2.45) is 0 Å². The van der Waals surface area contributed by atoms with E-state index in [9.17, 15) is 15.0 Å². The van der Waals surface area contributed by atoms with Crippen LogP contribution in [0.3, 0.4) is 0 Å². The lowest BCUT2D eigenvalue weighted by Crippen LogP contribution is -2.45. The van der Waals surface area contributed by atoms with E-state index < -0.39 is 12.1 Å². The van der Waals surface area contributed by atoms with Crippen LogP contribution in [-0.2, 0) is 4.79 Å². The minimum Gasteiger partial charge on any atom is -0.394 e. The van der Waals surface area contributed by atoms with Crippen molar-refractivity contribution in [1.82, 2.24) is 5.32 Å². The van der Waals surface area contributed by atoms with E-state index in [0.717, 1.165) is 25.7 Å². The molecule has 0 aromatic carbocycles. The Balaban J connectivity index is 3.48. The van der Waals surface area contributed by atoms with Gasteiger partial charge in [-0.3, -0.25) is 4.79 Å². The first-order chi connectivity index (χ1) is 30.2. The van der Waals surface area contributed by atoms with Crippen molar-refractivity contribution in [2.75, 3.05) is 6.61 Å². The van der Waals surface area contributed by atoms with Crippen molar-refractivity contribution in [1.29, 1.82) is 0 Å². The SMILES string of the molecule is CCCCCCCCCCCCCC/C=C\CCCCCCCCCCCCC(=O)NC(CO)C(O)/C=C/CCCCCCCCCCCCCCCCCCCCCCC. The smallest absolute Gasteiger partial charge is 0.220 e. The number of nitrogens with one attached hydrogen (secondary N) is 1. The van der Waals surface area contributed by atoms with E-state index >= 15 is 0 Å². The number of unbranched alkanes of at least 4 members (excludes halogenated alkanes) is 43. The van der Waals surface area contributed by atoms with Crippen LogP contribution in [0.1, 0.15) is 316 Å². The minimum atomic E-state index is -0.839. The Bertz CT molecular complexity index is 886. The second-order valence-electron chi connectivity index (χ2n) is 19.4. The molecule has 0 rings (SSSR count). The zero-order valence-electron chi connectivity index (χ0n) is 41.7. The third-order valence-corrected chi connectivity index (χ3v) is 13.2. The molecule has 0 fully saturated rings. The molecule has 4 heteroatoms. The van der Waals surface area contributed by atoms with Gasteiger partial charge in [-0.2, -0.15) is 0 Å². The Morgan fingerprint density at radius 3 is 0.902 bits per heavy atom. The van der Waals surface area contributed by atoms with Gasteiger partial charge in [-0.15, -0.1) is 0 Å². The fraction of sp³-hybridized carbons (Fsp3) is 0.912. The molecule has 61 heavy (non-hydrogen) atoms. The topological polar surface area (TPSA) is 69.6 Å². The summed E-state index contributed by atoms with van der Waals surface area (Å²) in [5.74, 6) is -0.0602. The quantitative estimate of drug-likeness (QED) is 0.0422. The Morgan fingerprint density at radius 2 is 0.623 bits per heavy atom. The highest BCUT2D eigenvalue weighted by molar-refractivity contribution is 5.76. The van der Waals surface area contributed by atoms with Gasteiger partial charge in [-0.05, 0) is 44.9 Å². The number of amides is 1. The van der Waals surface area contributed by atoms with Gasteiger partial charge in [0, 0.05) is 6.42 Å². The Kier molecular flexibility index (Phi) is 52.2. The number of hydrogen-bond acceptors (Lipinski definition) is 3. The summed E-state index contributed by atoms with van der Waals surface area (Å²) in [6.45, 7) is 4.35. The molecule has 0 heterocycles. The Labute approximate surface area is 383 Å². The number of carbonyl (C=O) groups excluding carboxylic acids is 1. The number of carbonyl (C=O) groups is 1. The van der Waals surface area contributed by atoms with Crippen LogP contribution in [0.2, 0.25) is 0 Å². The molecule has 2 atom stereocenters. The molecule has 0 saturated carbocycles. The van der Waals surface area contributed by atoms with Gasteiger partial charge in [-0.25, -0.2) is 0 Å². The van der Waals surface area contributed by atoms with E-state index in [0.29, 0.717) is 6.42 Å². The van der Waals surface area contributed by atoms with E-state index in [2.05, 4.69) is 31.3 Å². The molecule has 2 unspecified atom stereocenters. The van der Waals surface area contributed by atoms with Crippen LogP contribution in [0.15, 0.2) is 24.3 Å². The summed E-state index contributed by atoms with van der Waals surface area (Å²) in [4.78, 5) is 12.5. The molecule has 3 N–H and O–H groups in total. The van der Waals surface area contributed by atoms with Gasteiger partial charge in [0.1, 0.15) is 0 Å². The number of hydrogen-bond donors (Lipinski definition) is 3. The molecule has 0 aromatic heterocycles. The molecule has 0 aromatic rings. The van der Waals surface area contributed by atoms with E-state index in [1.807, 2.05) is 6.08 Å². The molecule has 0 saturated heterocycles. The second kappa shape index (κ2) is 53.2. The highest BCUT2D eigenvalue weighted by atomic mass is 16.3. The maximum Gasteiger partial charge on any atom is 0.220 e. The summed E-state index contributed by atoms with van der Waals surface area (Å²) < 4.78 is 0. The van der Waals surface area contributed by atoms with Crippen molar-refractivity contribution in [3.05, 3.63) is 24.3 Å². The van der Waals surface area contributed by atoms with Crippen LogP contribution in [0.5, 0.6) is 0 Å². The maximum atomic E-state index is 12.5. The molecule has 1 amide bonds. The molecule has 0 spiro atoms. The van der Waals surface area contributed by atoms with Crippen molar-refractivity contribution in [2.45, 2.75) is 328 Å². The van der Waals surface area contributed by atoms with E-state index in [1.165, 1.54) is 270 Å². The standard InChI is InChI=1S/C57H111NO3/c1-3-5-7-9-11-13-15-17-19-21-23-25-27-28-29-31-33-35-37-39-41-43-45-47-49-51-53-57(61)58-55(54-59)56(60)52-50-48-46-44-42-40-38-36-34-32-30-26-24-22-20-18-16-14-12-10-8-6-4-2/h28-29,50,52,55-56,59-60H,3-27,30-49,51,53-54H2,1-2H3,(H,58,61)/b29-28-,52-50+. The van der Waals surface area contributed by atoms with Crippen LogP contribution < -0.4 is 5.32 Å². The van der Waals surface area contributed by atoms with Gasteiger partial charge in [-0.1, -0.05) is 289 Å². The molecule has 0 aliphatic rings. The summed E-state index contributed by atoms with van der Waals surface area (Å²) in [5, 5.41) is 23.2. The van der Waals surface area contributed by atoms with Gasteiger partial charge >= 0.3 is 0 Å². The Hall–Kier alpha value is -1.13. The van der Waals surface area contributed by atoms with Crippen LogP contribution in [-0.4, -0.2) is 34.9 Å². The third kappa shape index (κ3) is 49.7. The summed E-state index contributed by atoms with van der Waals surface area (Å²) in [6, 6.07) is -0.622. The summed E-state index contributed by atoms with van der Waals surface area (Å²) >= 11 is 0. The lowest BCUT2D eigenvalue weighted by Gasteiger charge is -2.20. The van der Waals surface area contributed by atoms with Gasteiger partial charge in [0.15, 0.2) is 0 Å². The second-order valence-corrected chi connectivity index (χ2v) is 19.4. The maximum absolute atomic E-state index is 12.5. The van der Waals surface area contributed by atoms with Crippen LogP contribution in [0.4, 0.5) is 0 Å². The molecule has 0 aliphatic heterocycles. The average molecular weight is 859 g/mol. The Morgan fingerprint density at radius 1 is 0.377 bits per heavy atom. The normalized spacial score (nSPS) is 12.9. The van der Waals surface area contributed by atoms with Gasteiger partial charge in [0.2, 0.25) is 5.91 Å². The average Bonchev–Trinajstić information content (AvgIpc) is 3.26. The van der Waals surface area contributed by atoms with Crippen LogP contribution >= 0.6 is 0 Å². The molecule has 0 aliphatic carbocycles. The van der Waals surface area contributed by atoms with E-state index in [-0.39, 0.29) is 12.5 Å². The largest absolute Gasteiger partial charge is 0.394 e. The number of allylic oxidation sites excluding steroid dienone is 3. The van der Waals surface area contributed by atoms with Crippen molar-refractivity contribution in [3.8, 4) is 0 Å². The zero-order valence-corrected chi connectivity index (χ0v) is 41.7. The van der Waals surface area contributed by atoms with Crippen molar-refractivity contribution < 1.29 is 15.0 Å². The first-order valence-electron chi connectivity index (χ1n) is 28.1. The van der Waals surface area contributed by atoms with Gasteiger partial charge < -0.3 is 15.5 Å². The van der Waals surface area contributed by atoms with E-state index in [4.69, 9.17) is 0 Å². The summed E-state index contributed by atoms with van der Waals surface area (Å²) in [5.41, 5.74) is 0. The van der Waals surface area contributed by atoms with Crippen LogP contribution in [0.25, 0.3) is 0 Å². The lowest BCUT2D eigenvalue weighted by molar-refractivity contribution is -0.123. The molecule has 0 bridgehead atoms. The predicted octanol–water partition coefficient (Wildman–Crippen LogP) is 18.3. The summed E-state index contributed by atoms with van der Waals surface area (Å²) in [7, 11) is 0. The molecule has 4 nitrogen and oxygen atoms in total. The third-order valence-electron chi connectivity index (χ3n) is 13.2. The zero-order chi connectivity index (χ0) is 44.2. The fourth-order valence-electron chi connectivity index (χ4n) is 8.88. The number of aliphatic hydroxyl groups is 2. The minimum absolute atomic E-state index is 0.0602. The highest BCUT2D eigenvalue weighted by Gasteiger charge is 2.18. The molecule has 362 valence electrons. The van der Waals surface area contributed by atoms with Crippen molar-refractivity contribution in [3.63, 3.8) is 0 Å². The molecular weight excluding hydrogens is 747 g/mol. The molecule has 0 radical (unpaired) electrons. The first-order valence-corrected chi connectivity index (χ1v) is 28.1. The van der Waals surface area contributed by atoms with Crippen LogP contribution in [0, 0.1) is 0 Å². The van der Waals surface area contributed by atoms with E-state index in [1.54, 1.807) is 6.08 Å². The van der Waals surface area contributed by atoms with Gasteiger partial charge in [0.05, 0.1) is 18.8 Å². The highest BCUT2D eigenvalue weighted by Crippen LogP contribution is 2.17. The lowest BCUT2D eigenvalue weighted by atomic mass is 10.0. The van der Waals surface area contributed by atoms with Gasteiger partial charge in [0.25, 0.3) is 0 Å². The predicted molar refractivity (Wildman–Crippen MR) is 272 cm³/mol. The molecular formula is C57H111NO3. The van der Waals surface area contributed by atoms with Crippen molar-refractivity contribution >= 4 is 5.91 Å². The monoisotopic (exact) mass is 858 g/mol. The first kappa shape index (κ1) is 59.9. The summed E-state index contributed by atoms with van der Waals surface area (Å²) in [6.07, 6.45) is 70.5.